The summed E-state index contributed by atoms with van der Waals surface area (Å²) in [7, 11) is 0. The van der Waals surface area contributed by atoms with Crippen molar-refractivity contribution < 1.29 is 4.74 Å². The number of ether oxygens (including phenoxy) is 1. The van der Waals surface area contributed by atoms with E-state index in [-0.39, 0.29) is 12.1 Å². The maximum Gasteiger partial charge on any atom is 0.233 e. The van der Waals surface area contributed by atoms with E-state index < -0.39 is 0 Å². The molecule has 0 spiro atoms. The molecule has 0 amide bonds. The van der Waals surface area contributed by atoms with Crippen molar-refractivity contribution in [3.8, 4) is 5.88 Å². The zero-order valence-corrected chi connectivity index (χ0v) is 11.0. The van der Waals surface area contributed by atoms with E-state index in [0.717, 1.165) is 23.9 Å². The maximum atomic E-state index is 6.17. The summed E-state index contributed by atoms with van der Waals surface area (Å²) in [6.07, 6.45) is 7.43. The number of hydrogen-bond acceptors (Lipinski definition) is 4. The van der Waals surface area contributed by atoms with E-state index in [2.05, 4.69) is 9.97 Å². The highest BCUT2D eigenvalue weighted by atomic mass is 16.5. The van der Waals surface area contributed by atoms with Gasteiger partial charge in [-0.15, -0.1) is 0 Å². The van der Waals surface area contributed by atoms with Gasteiger partial charge in [0.2, 0.25) is 5.88 Å². The van der Waals surface area contributed by atoms with Gasteiger partial charge in [-0.1, -0.05) is 25.0 Å². The van der Waals surface area contributed by atoms with Crippen molar-refractivity contribution in [3.05, 3.63) is 30.5 Å². The quantitative estimate of drug-likeness (QED) is 0.840. The molecule has 1 aliphatic rings. The van der Waals surface area contributed by atoms with Gasteiger partial charge in [0, 0.05) is 6.04 Å². The molecule has 4 nitrogen and oxygen atoms in total. The van der Waals surface area contributed by atoms with E-state index in [1.807, 2.05) is 24.3 Å². The van der Waals surface area contributed by atoms with Crippen molar-refractivity contribution >= 4 is 11.0 Å². The van der Waals surface area contributed by atoms with E-state index in [1.54, 1.807) is 6.20 Å². The average Bonchev–Trinajstić information content (AvgIpc) is 2.64. The summed E-state index contributed by atoms with van der Waals surface area (Å²) in [6, 6.07) is 7.92. The molecule has 100 valence electrons. The molecular weight excluding hydrogens is 238 g/mol. The van der Waals surface area contributed by atoms with Gasteiger partial charge in [-0.3, -0.25) is 0 Å². The van der Waals surface area contributed by atoms with Crippen LogP contribution >= 0.6 is 0 Å². The summed E-state index contributed by atoms with van der Waals surface area (Å²) < 4.78 is 5.96. The molecule has 0 bridgehead atoms. The van der Waals surface area contributed by atoms with Crippen LogP contribution in [0.5, 0.6) is 5.88 Å². The predicted molar refractivity (Wildman–Crippen MR) is 75.0 cm³/mol. The van der Waals surface area contributed by atoms with Crippen molar-refractivity contribution in [1.82, 2.24) is 9.97 Å². The Labute approximate surface area is 113 Å². The number of rotatable bonds is 2. The normalized spacial score (nSPS) is 24.1. The molecule has 1 aliphatic carbocycles. The zero-order valence-electron chi connectivity index (χ0n) is 11.0. The lowest BCUT2D eigenvalue weighted by Crippen LogP contribution is -2.38. The Balaban J connectivity index is 1.80. The van der Waals surface area contributed by atoms with Crippen LogP contribution in [0.4, 0.5) is 0 Å². The molecule has 1 aromatic carbocycles. The molecule has 2 aromatic rings. The molecule has 0 aliphatic heterocycles. The summed E-state index contributed by atoms with van der Waals surface area (Å²) in [4.78, 5) is 8.86. The van der Waals surface area contributed by atoms with Gasteiger partial charge < -0.3 is 10.5 Å². The van der Waals surface area contributed by atoms with Gasteiger partial charge in [0.15, 0.2) is 0 Å². The minimum Gasteiger partial charge on any atom is -0.472 e. The van der Waals surface area contributed by atoms with Crippen LogP contribution in [0, 0.1) is 0 Å². The molecule has 0 saturated heterocycles. The first kappa shape index (κ1) is 12.4. The van der Waals surface area contributed by atoms with Crippen LogP contribution < -0.4 is 10.5 Å². The number of hydrogen-bond donors (Lipinski definition) is 1. The SMILES string of the molecule is NC1CCCCCC1Oc1cnc2ccccc2n1. The topological polar surface area (TPSA) is 61.0 Å². The molecule has 2 atom stereocenters. The second-order valence-corrected chi connectivity index (χ2v) is 5.16. The third-order valence-electron chi connectivity index (χ3n) is 3.70. The van der Waals surface area contributed by atoms with Gasteiger partial charge >= 0.3 is 0 Å². The molecule has 2 N–H and O–H groups in total. The second kappa shape index (κ2) is 5.53. The van der Waals surface area contributed by atoms with Crippen LogP contribution in [0.25, 0.3) is 11.0 Å². The van der Waals surface area contributed by atoms with Crippen molar-refractivity contribution in [2.24, 2.45) is 5.73 Å². The first-order valence-electron chi connectivity index (χ1n) is 6.97. The fourth-order valence-corrected chi connectivity index (χ4v) is 2.60. The van der Waals surface area contributed by atoms with Gasteiger partial charge in [-0.25, -0.2) is 9.97 Å². The summed E-state index contributed by atoms with van der Waals surface area (Å²) >= 11 is 0. The molecule has 3 rings (SSSR count). The molecule has 1 aromatic heterocycles. The largest absolute Gasteiger partial charge is 0.472 e. The predicted octanol–water partition coefficient (Wildman–Crippen LogP) is 2.67. The minimum absolute atomic E-state index is 0.0676. The van der Waals surface area contributed by atoms with Crippen molar-refractivity contribution in [2.75, 3.05) is 0 Å². The Bertz CT molecular complexity index is 558. The lowest BCUT2D eigenvalue weighted by atomic mass is 10.1. The smallest absolute Gasteiger partial charge is 0.233 e. The Kier molecular flexibility index (Phi) is 3.60. The first-order chi connectivity index (χ1) is 9.33. The molecule has 1 fully saturated rings. The standard InChI is InChI=1S/C15H19N3O/c16-11-6-2-1-3-9-14(11)19-15-10-17-12-7-4-5-8-13(12)18-15/h4-5,7-8,10-11,14H,1-3,6,9,16H2. The minimum atomic E-state index is 0.0676. The van der Waals surface area contributed by atoms with Crippen molar-refractivity contribution in [2.45, 2.75) is 44.2 Å². The fraction of sp³-hybridized carbons (Fsp3) is 0.467. The van der Waals surface area contributed by atoms with Crippen LogP contribution in [0.15, 0.2) is 30.5 Å². The van der Waals surface area contributed by atoms with Crippen LogP contribution in [-0.2, 0) is 0 Å². The zero-order chi connectivity index (χ0) is 13.1. The Morgan fingerprint density at radius 2 is 1.84 bits per heavy atom. The highest BCUT2D eigenvalue weighted by Gasteiger charge is 2.22. The summed E-state index contributed by atoms with van der Waals surface area (Å²) in [5, 5.41) is 0. The third-order valence-corrected chi connectivity index (χ3v) is 3.70. The van der Waals surface area contributed by atoms with Gasteiger partial charge in [-0.2, -0.15) is 0 Å². The molecule has 2 unspecified atom stereocenters. The molecule has 4 heteroatoms. The van der Waals surface area contributed by atoms with Gasteiger partial charge in [-0.05, 0) is 31.4 Å². The van der Waals surface area contributed by atoms with E-state index in [1.165, 1.54) is 19.3 Å². The summed E-state index contributed by atoms with van der Waals surface area (Å²) in [5.41, 5.74) is 7.92. The van der Waals surface area contributed by atoms with Gasteiger partial charge in [0.05, 0.1) is 17.2 Å². The summed E-state index contributed by atoms with van der Waals surface area (Å²) in [5.74, 6) is 0.584. The van der Waals surface area contributed by atoms with E-state index >= 15 is 0 Å². The second-order valence-electron chi connectivity index (χ2n) is 5.16. The number of fused-ring (bicyclic) bond motifs is 1. The van der Waals surface area contributed by atoms with Crippen LogP contribution in [0.3, 0.4) is 0 Å². The molecule has 0 radical (unpaired) electrons. The summed E-state index contributed by atoms with van der Waals surface area (Å²) in [6.45, 7) is 0. The third kappa shape index (κ3) is 2.84. The van der Waals surface area contributed by atoms with Gasteiger partial charge in [0.25, 0.3) is 0 Å². The van der Waals surface area contributed by atoms with Crippen molar-refractivity contribution in [3.63, 3.8) is 0 Å². The average molecular weight is 257 g/mol. The number of benzene rings is 1. The van der Waals surface area contributed by atoms with E-state index in [4.69, 9.17) is 10.5 Å². The highest BCUT2D eigenvalue weighted by molar-refractivity contribution is 5.73. The Morgan fingerprint density at radius 3 is 2.74 bits per heavy atom. The first-order valence-corrected chi connectivity index (χ1v) is 6.97. The van der Waals surface area contributed by atoms with Crippen LogP contribution in [0.1, 0.15) is 32.1 Å². The number of aromatic nitrogens is 2. The highest BCUT2D eigenvalue weighted by Crippen LogP contribution is 2.22. The molecular formula is C15H19N3O. The van der Waals surface area contributed by atoms with Crippen LogP contribution in [0.2, 0.25) is 0 Å². The van der Waals surface area contributed by atoms with E-state index in [0.29, 0.717) is 5.88 Å². The lowest BCUT2D eigenvalue weighted by Gasteiger charge is -2.22. The fourth-order valence-electron chi connectivity index (χ4n) is 2.60. The lowest BCUT2D eigenvalue weighted by molar-refractivity contribution is 0.156. The Hall–Kier alpha value is -1.68. The number of nitrogens with zero attached hydrogens (tertiary/aromatic N) is 2. The number of nitrogens with two attached hydrogens (primary N) is 1. The van der Waals surface area contributed by atoms with Crippen LogP contribution in [-0.4, -0.2) is 22.1 Å². The van der Waals surface area contributed by atoms with Gasteiger partial charge in [0.1, 0.15) is 6.10 Å². The monoisotopic (exact) mass is 257 g/mol. The van der Waals surface area contributed by atoms with E-state index in [9.17, 15) is 0 Å². The maximum absolute atomic E-state index is 6.17. The molecule has 19 heavy (non-hydrogen) atoms. The Morgan fingerprint density at radius 1 is 1.05 bits per heavy atom. The van der Waals surface area contributed by atoms with Crippen molar-refractivity contribution in [1.29, 1.82) is 0 Å². The molecule has 1 heterocycles. The molecule has 1 saturated carbocycles. The number of para-hydroxylation sites is 2.